The summed E-state index contributed by atoms with van der Waals surface area (Å²) < 4.78 is 42.7. The van der Waals surface area contributed by atoms with Crippen molar-refractivity contribution in [1.82, 2.24) is 10.2 Å². The molecule has 5 nitrogen and oxygen atoms in total. The molecule has 12 atom stereocenters. The Hall–Kier alpha value is -1.71. The molecular formula is C40H63F3N4O. The molecule has 2 saturated heterocycles. The first kappa shape index (κ1) is 37.5. The van der Waals surface area contributed by atoms with E-state index >= 15 is 0 Å². The highest BCUT2D eigenvalue weighted by atomic mass is 19.4. The largest absolute Gasteiger partial charge is 0.392 e. The molecule has 0 amide bonds. The van der Waals surface area contributed by atoms with Crippen molar-refractivity contribution >= 4 is 0 Å². The number of nitrogens with zero attached hydrogens (tertiary/aromatic N) is 1. The third-order valence-electron chi connectivity index (χ3n) is 13.0. The maximum absolute atomic E-state index is 14.2. The number of nitrogens with two attached hydrogens (primary N) is 2. The van der Waals surface area contributed by atoms with Crippen molar-refractivity contribution in [3.63, 3.8) is 0 Å². The Morgan fingerprint density at radius 2 is 1.81 bits per heavy atom. The van der Waals surface area contributed by atoms with E-state index in [-0.39, 0.29) is 42.5 Å². The summed E-state index contributed by atoms with van der Waals surface area (Å²) in [7, 11) is 0. The molecule has 2 heterocycles. The second kappa shape index (κ2) is 16.5. The number of rotatable bonds is 9. The third kappa shape index (κ3) is 9.34. The van der Waals surface area contributed by atoms with Crippen LogP contribution in [0.25, 0.3) is 0 Å². The SMILES string of the molecule is C=CC1NCC(C2CCC(N)N(C(N)C3CC(C(O)C=CC4C=CC(CC=C5CCC(C)CC5)C(C(F)(F)F)C4)CCC3C)C2)CC1=C. The van der Waals surface area contributed by atoms with E-state index in [1.165, 1.54) is 11.1 Å². The molecule has 0 bridgehead atoms. The van der Waals surface area contributed by atoms with E-state index in [0.29, 0.717) is 30.1 Å². The number of halogens is 3. The summed E-state index contributed by atoms with van der Waals surface area (Å²) in [5, 5.41) is 14.9. The molecule has 270 valence electrons. The van der Waals surface area contributed by atoms with Crippen molar-refractivity contribution in [1.29, 1.82) is 0 Å². The highest BCUT2D eigenvalue weighted by Gasteiger charge is 2.46. The van der Waals surface area contributed by atoms with Gasteiger partial charge in [-0.1, -0.05) is 68.0 Å². The Morgan fingerprint density at radius 1 is 1.06 bits per heavy atom. The second-order valence-electron chi connectivity index (χ2n) is 16.3. The number of aliphatic hydroxyl groups excluding tert-OH is 1. The van der Waals surface area contributed by atoms with Crippen LogP contribution in [0.5, 0.6) is 0 Å². The van der Waals surface area contributed by atoms with Gasteiger partial charge in [0.05, 0.1) is 24.4 Å². The first-order chi connectivity index (χ1) is 22.8. The lowest BCUT2D eigenvalue weighted by molar-refractivity contribution is -0.188. The molecule has 0 radical (unpaired) electrons. The van der Waals surface area contributed by atoms with Crippen LogP contribution >= 0.6 is 0 Å². The van der Waals surface area contributed by atoms with E-state index in [1.54, 1.807) is 12.2 Å². The summed E-state index contributed by atoms with van der Waals surface area (Å²) in [5.41, 5.74) is 16.2. The Bertz CT molecular complexity index is 1170. The number of aliphatic hydroxyl groups is 1. The Balaban J connectivity index is 1.17. The molecule has 8 heteroatoms. The molecule has 2 saturated carbocycles. The number of alkyl halides is 3. The van der Waals surface area contributed by atoms with Gasteiger partial charge in [0.2, 0.25) is 0 Å². The maximum atomic E-state index is 14.2. The normalized spacial score (nSPS) is 40.1. The van der Waals surface area contributed by atoms with Gasteiger partial charge in [-0.3, -0.25) is 4.90 Å². The van der Waals surface area contributed by atoms with Crippen molar-refractivity contribution in [3.8, 4) is 0 Å². The third-order valence-corrected chi connectivity index (χ3v) is 13.0. The average molecular weight is 673 g/mol. The fourth-order valence-corrected chi connectivity index (χ4v) is 9.52. The van der Waals surface area contributed by atoms with Gasteiger partial charge in [0.25, 0.3) is 0 Å². The fraction of sp³-hybridized carbons (Fsp3) is 0.750. The first-order valence-corrected chi connectivity index (χ1v) is 18.9. The van der Waals surface area contributed by atoms with E-state index in [1.807, 2.05) is 18.2 Å². The van der Waals surface area contributed by atoms with Crippen molar-refractivity contribution in [2.75, 3.05) is 13.1 Å². The van der Waals surface area contributed by atoms with Crippen LogP contribution in [0.3, 0.4) is 0 Å². The van der Waals surface area contributed by atoms with Gasteiger partial charge >= 0.3 is 6.18 Å². The predicted octanol–water partition coefficient (Wildman–Crippen LogP) is 7.86. The zero-order chi connectivity index (χ0) is 34.6. The van der Waals surface area contributed by atoms with E-state index in [0.717, 1.165) is 77.3 Å². The van der Waals surface area contributed by atoms with Gasteiger partial charge in [-0.25, -0.2) is 0 Å². The van der Waals surface area contributed by atoms with Crippen molar-refractivity contribution < 1.29 is 18.3 Å². The van der Waals surface area contributed by atoms with Crippen molar-refractivity contribution in [3.05, 3.63) is 60.8 Å². The van der Waals surface area contributed by atoms with Crippen LogP contribution in [0.15, 0.2) is 60.8 Å². The van der Waals surface area contributed by atoms with Gasteiger partial charge in [0, 0.05) is 12.6 Å². The number of allylic oxidation sites excluding steroid dienone is 5. The highest BCUT2D eigenvalue weighted by molar-refractivity contribution is 5.17. The predicted molar refractivity (Wildman–Crippen MR) is 190 cm³/mol. The zero-order valence-corrected chi connectivity index (χ0v) is 29.5. The van der Waals surface area contributed by atoms with Gasteiger partial charge in [0.1, 0.15) is 0 Å². The zero-order valence-electron chi connectivity index (χ0n) is 29.5. The number of hydrogen-bond donors (Lipinski definition) is 4. The first-order valence-electron chi connectivity index (χ1n) is 18.9. The fourth-order valence-electron chi connectivity index (χ4n) is 9.52. The molecule has 0 spiro atoms. The molecule has 12 unspecified atom stereocenters. The van der Waals surface area contributed by atoms with Gasteiger partial charge in [-0.05, 0) is 131 Å². The van der Waals surface area contributed by atoms with Crippen molar-refractivity contribution in [2.45, 2.75) is 122 Å². The summed E-state index contributed by atoms with van der Waals surface area (Å²) in [5.74, 6) is 0.0947. The molecule has 4 fully saturated rings. The minimum Gasteiger partial charge on any atom is -0.389 e. The Labute approximate surface area is 288 Å². The number of likely N-dealkylation sites (tertiary alicyclic amines) is 1. The van der Waals surface area contributed by atoms with Crippen LogP contribution in [-0.4, -0.2) is 53.7 Å². The van der Waals surface area contributed by atoms with Crippen molar-refractivity contribution in [2.24, 2.45) is 64.7 Å². The lowest BCUT2D eigenvalue weighted by Crippen LogP contribution is -2.61. The molecular weight excluding hydrogens is 609 g/mol. The topological polar surface area (TPSA) is 87.5 Å². The molecule has 0 aromatic carbocycles. The second-order valence-corrected chi connectivity index (χ2v) is 16.3. The lowest BCUT2D eigenvalue weighted by Gasteiger charge is -2.49. The standard InChI is InChI=1S/C40H63F3N4O/c1-5-36-27(4)20-33(23-46-36)32-17-19-38(44)47(24-32)39(45)34-22-31(14-8-26(34)3)37(48)18-13-29-12-16-30(35(21-29)40(41,42)43)15-11-28-9-6-25(2)7-10-28/h5,11-13,16,18,25-26,29-39,46,48H,1,4,6-10,14-15,17,19-24,44-45H2,2-3H3. The minimum atomic E-state index is -4.24. The van der Waals surface area contributed by atoms with Gasteiger partial charge in [0.15, 0.2) is 0 Å². The lowest BCUT2D eigenvalue weighted by atomic mass is 9.70. The van der Waals surface area contributed by atoms with Crippen LogP contribution < -0.4 is 16.8 Å². The van der Waals surface area contributed by atoms with Crippen LogP contribution in [0.4, 0.5) is 13.2 Å². The maximum Gasteiger partial charge on any atom is 0.392 e. The van der Waals surface area contributed by atoms with Gasteiger partial charge in [-0.15, -0.1) is 6.58 Å². The Morgan fingerprint density at radius 3 is 2.50 bits per heavy atom. The quantitative estimate of drug-likeness (QED) is 0.188. The Kier molecular flexibility index (Phi) is 12.9. The smallest absolute Gasteiger partial charge is 0.389 e. The molecule has 3 aliphatic carbocycles. The molecule has 0 aromatic rings. The molecule has 5 rings (SSSR count). The summed E-state index contributed by atoms with van der Waals surface area (Å²) >= 11 is 0. The molecule has 2 aliphatic heterocycles. The van der Waals surface area contributed by atoms with E-state index < -0.39 is 24.1 Å². The minimum absolute atomic E-state index is 0.0237. The van der Waals surface area contributed by atoms with Crippen LogP contribution in [0.1, 0.15) is 90.9 Å². The van der Waals surface area contributed by atoms with E-state index in [9.17, 15) is 18.3 Å². The number of piperidine rings is 2. The highest BCUT2D eigenvalue weighted by Crippen LogP contribution is 2.44. The average Bonchev–Trinajstić information content (AvgIpc) is 3.06. The van der Waals surface area contributed by atoms with Crippen LogP contribution in [0, 0.1) is 53.3 Å². The van der Waals surface area contributed by atoms with Gasteiger partial charge < -0.3 is 21.9 Å². The van der Waals surface area contributed by atoms with E-state index in [4.69, 9.17) is 11.5 Å². The van der Waals surface area contributed by atoms with Crippen LogP contribution in [-0.2, 0) is 0 Å². The molecule has 6 N–H and O–H groups in total. The summed E-state index contributed by atoms with van der Waals surface area (Å²) in [4.78, 5) is 2.31. The van der Waals surface area contributed by atoms with E-state index in [2.05, 4.69) is 43.3 Å². The van der Waals surface area contributed by atoms with Crippen LogP contribution in [0.2, 0.25) is 0 Å². The van der Waals surface area contributed by atoms with Gasteiger partial charge in [-0.2, -0.15) is 13.2 Å². The molecule has 5 aliphatic rings. The summed E-state index contributed by atoms with van der Waals surface area (Å²) in [6.07, 6.45) is 16.5. The number of hydrogen-bond acceptors (Lipinski definition) is 5. The molecule has 0 aromatic heterocycles. The monoisotopic (exact) mass is 672 g/mol. The number of nitrogens with one attached hydrogen (secondary N) is 1. The molecule has 48 heavy (non-hydrogen) atoms. The summed E-state index contributed by atoms with van der Waals surface area (Å²) in [6.45, 7) is 14.5. The summed E-state index contributed by atoms with van der Waals surface area (Å²) in [6, 6.07) is 0.182.